The number of methoxy groups -OCH3 is 1. The van der Waals surface area contributed by atoms with Gasteiger partial charge < -0.3 is 9.47 Å². The first-order chi connectivity index (χ1) is 9.08. The number of hydrogen-bond donors (Lipinski definition) is 0. The minimum Gasteiger partial charge on any atom is -0.491 e. The van der Waals surface area contributed by atoms with E-state index in [0.29, 0.717) is 16.8 Å². The molecule has 0 bridgehead atoms. The molecule has 0 atom stereocenters. The highest BCUT2D eigenvalue weighted by Gasteiger charge is 2.23. The van der Waals surface area contributed by atoms with Crippen LogP contribution in [-0.4, -0.2) is 29.6 Å². The molecule has 0 fully saturated rings. The summed E-state index contributed by atoms with van der Waals surface area (Å²) in [5, 5.41) is 11.2. The molecular weight excluding hydrogens is 272 g/mol. The maximum absolute atomic E-state index is 11.6. The molecule has 0 saturated carbocycles. The molecule has 0 aliphatic rings. The Kier molecular flexibility index (Phi) is 3.61. The Hall–Kier alpha value is -2.22. The molecule has 0 aromatic carbocycles. The third kappa shape index (κ3) is 2.34. The topological polar surface area (TPSA) is 91.6 Å². The first-order valence-electron chi connectivity index (χ1n) is 5.36. The van der Waals surface area contributed by atoms with Crippen LogP contribution in [0, 0.1) is 10.1 Å². The van der Waals surface area contributed by atoms with Crippen molar-refractivity contribution in [2.24, 2.45) is 0 Å². The van der Waals surface area contributed by atoms with Crippen molar-refractivity contribution >= 4 is 33.2 Å². The fourth-order valence-electron chi connectivity index (χ4n) is 1.57. The van der Waals surface area contributed by atoms with E-state index in [4.69, 9.17) is 4.74 Å². The second-order valence-electron chi connectivity index (χ2n) is 3.49. The zero-order valence-electron chi connectivity index (χ0n) is 10.2. The van der Waals surface area contributed by atoms with Gasteiger partial charge in [-0.3, -0.25) is 10.1 Å². The van der Waals surface area contributed by atoms with Gasteiger partial charge in [0, 0.05) is 6.07 Å². The summed E-state index contributed by atoms with van der Waals surface area (Å²) in [4.78, 5) is 26.6. The lowest BCUT2D eigenvalue weighted by Crippen LogP contribution is -2.02. The number of hydrogen-bond acceptors (Lipinski definition) is 7. The predicted octanol–water partition coefficient (Wildman–Crippen LogP) is 2.39. The summed E-state index contributed by atoms with van der Waals surface area (Å²) in [5.74, 6) is -0.264. The van der Waals surface area contributed by atoms with Crippen LogP contribution >= 0.6 is 11.3 Å². The quantitative estimate of drug-likeness (QED) is 0.485. The molecule has 7 nitrogen and oxygen atoms in total. The van der Waals surface area contributed by atoms with E-state index < -0.39 is 10.9 Å². The van der Waals surface area contributed by atoms with E-state index in [-0.39, 0.29) is 16.3 Å². The Labute approximate surface area is 111 Å². The maximum atomic E-state index is 11.6. The average molecular weight is 282 g/mol. The van der Waals surface area contributed by atoms with Crippen molar-refractivity contribution in [3.8, 4) is 5.75 Å². The van der Waals surface area contributed by atoms with Gasteiger partial charge >= 0.3 is 5.97 Å². The SMILES string of the molecule is CCOc1c(C(=O)OC)sc2ncc([N+](=O)[O-])cc12. The number of aromatic nitrogens is 1. The van der Waals surface area contributed by atoms with Crippen LogP contribution in [0.3, 0.4) is 0 Å². The van der Waals surface area contributed by atoms with E-state index >= 15 is 0 Å². The number of ether oxygens (including phenoxy) is 2. The molecule has 2 aromatic heterocycles. The molecule has 0 spiro atoms. The van der Waals surface area contributed by atoms with Gasteiger partial charge in [-0.2, -0.15) is 0 Å². The minimum atomic E-state index is -0.547. The van der Waals surface area contributed by atoms with Crippen LogP contribution in [0.5, 0.6) is 5.75 Å². The molecule has 2 rings (SSSR count). The summed E-state index contributed by atoms with van der Waals surface area (Å²) in [6.45, 7) is 2.09. The number of carbonyl (C=O) groups excluding carboxylic acids is 1. The van der Waals surface area contributed by atoms with E-state index in [2.05, 4.69) is 9.72 Å². The monoisotopic (exact) mass is 282 g/mol. The highest BCUT2D eigenvalue weighted by Crippen LogP contribution is 2.38. The first-order valence-corrected chi connectivity index (χ1v) is 6.18. The van der Waals surface area contributed by atoms with Gasteiger partial charge in [0.25, 0.3) is 5.69 Å². The van der Waals surface area contributed by atoms with Gasteiger partial charge in [0.2, 0.25) is 0 Å². The molecular formula is C11H10N2O5S. The Bertz CT molecular complexity index is 652. The third-order valence-corrected chi connectivity index (χ3v) is 3.43. The van der Waals surface area contributed by atoms with Crippen molar-refractivity contribution < 1.29 is 19.2 Å². The van der Waals surface area contributed by atoms with Crippen molar-refractivity contribution in [1.82, 2.24) is 4.98 Å². The number of rotatable bonds is 4. The number of esters is 1. The molecule has 0 amide bonds. The van der Waals surface area contributed by atoms with Crippen molar-refractivity contribution in [2.45, 2.75) is 6.92 Å². The highest BCUT2D eigenvalue weighted by molar-refractivity contribution is 7.20. The van der Waals surface area contributed by atoms with E-state index in [1.54, 1.807) is 6.92 Å². The molecule has 100 valence electrons. The summed E-state index contributed by atoms with van der Waals surface area (Å²) in [6, 6.07) is 1.34. The highest BCUT2D eigenvalue weighted by atomic mass is 32.1. The van der Waals surface area contributed by atoms with E-state index in [9.17, 15) is 14.9 Å². The fraction of sp³-hybridized carbons (Fsp3) is 0.273. The van der Waals surface area contributed by atoms with E-state index in [1.165, 1.54) is 13.2 Å². The zero-order valence-corrected chi connectivity index (χ0v) is 11.0. The summed E-state index contributed by atoms with van der Waals surface area (Å²) in [6.07, 6.45) is 1.15. The molecule has 0 saturated heterocycles. The summed E-state index contributed by atoms with van der Waals surface area (Å²) in [7, 11) is 1.26. The number of carbonyl (C=O) groups is 1. The molecule has 0 N–H and O–H groups in total. The lowest BCUT2D eigenvalue weighted by molar-refractivity contribution is -0.385. The first kappa shape index (κ1) is 13.2. The van der Waals surface area contributed by atoms with Gasteiger partial charge in [-0.1, -0.05) is 0 Å². The summed E-state index contributed by atoms with van der Waals surface area (Å²) in [5.41, 5.74) is -0.150. The Morgan fingerprint density at radius 3 is 2.89 bits per heavy atom. The molecule has 19 heavy (non-hydrogen) atoms. The normalized spacial score (nSPS) is 10.4. The molecule has 0 aliphatic heterocycles. The van der Waals surface area contributed by atoms with Crippen molar-refractivity contribution in [2.75, 3.05) is 13.7 Å². The van der Waals surface area contributed by atoms with Gasteiger partial charge in [0.15, 0.2) is 10.6 Å². The molecule has 0 unspecified atom stereocenters. The standard InChI is InChI=1S/C11H10N2O5S/c1-3-18-8-7-4-6(13(15)16)5-12-10(7)19-9(8)11(14)17-2/h4-5H,3H2,1-2H3. The Morgan fingerprint density at radius 1 is 1.58 bits per heavy atom. The second-order valence-corrected chi connectivity index (χ2v) is 4.49. The van der Waals surface area contributed by atoms with Crippen LogP contribution in [0.2, 0.25) is 0 Å². The fourth-order valence-corrected chi connectivity index (χ4v) is 2.55. The van der Waals surface area contributed by atoms with Crippen LogP contribution in [0.25, 0.3) is 10.2 Å². The number of nitrogens with zero attached hydrogens (tertiary/aromatic N) is 2. The average Bonchev–Trinajstić information content (AvgIpc) is 2.76. The lowest BCUT2D eigenvalue weighted by atomic mass is 10.2. The van der Waals surface area contributed by atoms with Gasteiger partial charge in [0.1, 0.15) is 11.0 Å². The predicted molar refractivity (Wildman–Crippen MR) is 68.8 cm³/mol. The number of fused-ring (bicyclic) bond motifs is 1. The third-order valence-electron chi connectivity index (χ3n) is 2.36. The van der Waals surface area contributed by atoms with Gasteiger partial charge in [-0.05, 0) is 6.92 Å². The smallest absolute Gasteiger partial charge is 0.351 e. The molecule has 2 heterocycles. The Morgan fingerprint density at radius 2 is 2.32 bits per heavy atom. The van der Waals surface area contributed by atoms with Crippen LogP contribution in [-0.2, 0) is 4.74 Å². The van der Waals surface area contributed by atoms with Crippen LogP contribution in [0.15, 0.2) is 12.3 Å². The van der Waals surface area contributed by atoms with Crippen molar-refractivity contribution in [3.05, 3.63) is 27.3 Å². The van der Waals surface area contributed by atoms with Crippen LogP contribution in [0.4, 0.5) is 5.69 Å². The molecule has 2 aromatic rings. The van der Waals surface area contributed by atoms with Crippen molar-refractivity contribution in [3.63, 3.8) is 0 Å². The Balaban J connectivity index is 2.67. The largest absolute Gasteiger partial charge is 0.491 e. The molecule has 0 aliphatic carbocycles. The van der Waals surface area contributed by atoms with E-state index in [0.717, 1.165) is 17.5 Å². The van der Waals surface area contributed by atoms with E-state index in [1.807, 2.05) is 0 Å². The number of pyridine rings is 1. The molecule has 0 radical (unpaired) electrons. The van der Waals surface area contributed by atoms with Gasteiger partial charge in [-0.25, -0.2) is 9.78 Å². The summed E-state index contributed by atoms with van der Waals surface area (Å²) < 4.78 is 10.1. The van der Waals surface area contributed by atoms with Gasteiger partial charge in [0.05, 0.1) is 24.0 Å². The van der Waals surface area contributed by atoms with Crippen LogP contribution < -0.4 is 4.74 Å². The molecule has 8 heteroatoms. The summed E-state index contributed by atoms with van der Waals surface area (Å²) >= 11 is 1.08. The van der Waals surface area contributed by atoms with Crippen LogP contribution in [0.1, 0.15) is 16.6 Å². The lowest BCUT2D eigenvalue weighted by Gasteiger charge is -2.03. The minimum absolute atomic E-state index is 0.150. The maximum Gasteiger partial charge on any atom is 0.351 e. The zero-order chi connectivity index (χ0) is 14.0. The van der Waals surface area contributed by atoms with Gasteiger partial charge in [-0.15, -0.1) is 11.3 Å². The number of nitro groups is 1. The van der Waals surface area contributed by atoms with Crippen molar-refractivity contribution in [1.29, 1.82) is 0 Å². The second kappa shape index (κ2) is 5.19. The number of thiophene rings is 1.